The number of aromatic nitrogens is 2. The van der Waals surface area contributed by atoms with Gasteiger partial charge < -0.3 is 11.1 Å². The number of benzene rings is 2. The quantitative estimate of drug-likeness (QED) is 0.655. The van der Waals surface area contributed by atoms with Crippen molar-refractivity contribution in [2.24, 2.45) is 5.73 Å². The average molecular weight is 360 g/mol. The predicted octanol–water partition coefficient (Wildman–Crippen LogP) is 3.74. The molecule has 24 heavy (non-hydrogen) atoms. The number of hydrogen-bond acceptors (Lipinski definition) is 6. The molecule has 1 amide bonds. The van der Waals surface area contributed by atoms with E-state index in [0.29, 0.717) is 15.0 Å². The van der Waals surface area contributed by atoms with Gasteiger partial charge in [0, 0.05) is 5.69 Å². The Labute approximate surface area is 146 Å². The van der Waals surface area contributed by atoms with Crippen LogP contribution in [0.3, 0.4) is 0 Å². The largest absolute Gasteiger partial charge is 0.368 e. The number of para-hydroxylation sites is 1. The highest BCUT2D eigenvalue weighted by molar-refractivity contribution is 8.01. The van der Waals surface area contributed by atoms with E-state index >= 15 is 0 Å². The van der Waals surface area contributed by atoms with Gasteiger partial charge in [-0.3, -0.25) is 4.79 Å². The second kappa shape index (κ2) is 7.41. The summed E-state index contributed by atoms with van der Waals surface area (Å²) in [4.78, 5) is 11.7. The van der Waals surface area contributed by atoms with Crippen LogP contribution in [0, 0.1) is 5.82 Å². The van der Waals surface area contributed by atoms with Gasteiger partial charge in [-0.25, -0.2) is 4.39 Å². The summed E-state index contributed by atoms with van der Waals surface area (Å²) in [5.74, 6) is -0.878. The zero-order valence-corrected chi connectivity index (χ0v) is 14.0. The van der Waals surface area contributed by atoms with Crippen molar-refractivity contribution in [1.29, 1.82) is 0 Å². The summed E-state index contributed by atoms with van der Waals surface area (Å²) in [6.07, 6.45) is 0. The van der Waals surface area contributed by atoms with Crippen LogP contribution < -0.4 is 11.1 Å². The fourth-order valence-electron chi connectivity index (χ4n) is 1.98. The van der Waals surface area contributed by atoms with Gasteiger partial charge in [-0.2, -0.15) is 0 Å². The molecule has 1 aromatic heterocycles. The Morgan fingerprint density at radius 3 is 2.50 bits per heavy atom. The summed E-state index contributed by atoms with van der Waals surface area (Å²) in [5.41, 5.74) is 7.00. The summed E-state index contributed by atoms with van der Waals surface area (Å²) >= 11 is 2.51. The number of nitrogens with one attached hydrogen (secondary N) is 1. The monoisotopic (exact) mass is 360 g/mol. The lowest BCUT2D eigenvalue weighted by Crippen LogP contribution is -2.18. The molecule has 3 N–H and O–H groups in total. The first-order valence-corrected chi connectivity index (χ1v) is 8.68. The molecule has 0 bridgehead atoms. The third-order valence-corrected chi connectivity index (χ3v) is 5.28. The van der Waals surface area contributed by atoms with E-state index in [-0.39, 0.29) is 5.82 Å². The average Bonchev–Trinajstić information content (AvgIpc) is 3.01. The Bertz CT molecular complexity index is 824. The zero-order chi connectivity index (χ0) is 16.9. The van der Waals surface area contributed by atoms with E-state index in [2.05, 4.69) is 15.5 Å². The smallest absolute Gasteiger partial charge is 0.235 e. The lowest BCUT2D eigenvalue weighted by Gasteiger charge is -2.11. The van der Waals surface area contributed by atoms with Crippen LogP contribution >= 0.6 is 23.1 Å². The zero-order valence-electron chi connectivity index (χ0n) is 12.3. The number of carbonyl (C=O) groups is 1. The van der Waals surface area contributed by atoms with Gasteiger partial charge in [-0.1, -0.05) is 53.4 Å². The molecule has 3 rings (SSSR count). The molecule has 0 aliphatic heterocycles. The van der Waals surface area contributed by atoms with E-state index in [1.165, 1.54) is 35.2 Å². The highest BCUT2D eigenvalue weighted by Crippen LogP contribution is 2.38. The van der Waals surface area contributed by atoms with Crippen molar-refractivity contribution >= 4 is 39.8 Å². The lowest BCUT2D eigenvalue weighted by atomic mass is 10.1. The number of carbonyl (C=O) groups excluding carboxylic acids is 1. The van der Waals surface area contributed by atoms with Gasteiger partial charge in [0.1, 0.15) is 11.1 Å². The molecule has 2 aromatic carbocycles. The minimum Gasteiger partial charge on any atom is -0.368 e. The van der Waals surface area contributed by atoms with Crippen LogP contribution in [0.5, 0.6) is 0 Å². The first kappa shape index (κ1) is 16.4. The van der Waals surface area contributed by atoms with Gasteiger partial charge in [-0.15, -0.1) is 10.2 Å². The van der Waals surface area contributed by atoms with Crippen molar-refractivity contribution in [2.45, 2.75) is 9.59 Å². The maximum Gasteiger partial charge on any atom is 0.235 e. The van der Waals surface area contributed by atoms with E-state index in [0.717, 1.165) is 5.69 Å². The first-order chi connectivity index (χ1) is 11.6. The van der Waals surface area contributed by atoms with E-state index in [9.17, 15) is 9.18 Å². The third kappa shape index (κ3) is 4.09. The second-order valence-electron chi connectivity index (χ2n) is 4.82. The molecular weight excluding hydrogens is 347 g/mol. The molecule has 122 valence electrons. The van der Waals surface area contributed by atoms with Crippen LogP contribution in [0.2, 0.25) is 0 Å². The molecule has 0 saturated heterocycles. The number of thioether (sulfide) groups is 1. The summed E-state index contributed by atoms with van der Waals surface area (Å²) < 4.78 is 13.6. The Balaban J connectivity index is 1.74. The second-order valence-corrected chi connectivity index (χ2v) is 7.15. The van der Waals surface area contributed by atoms with Crippen LogP contribution in [0.25, 0.3) is 0 Å². The minimum atomic E-state index is -0.650. The molecule has 8 heteroatoms. The highest BCUT2D eigenvalue weighted by atomic mass is 32.2. The number of amides is 1. The number of nitrogens with two attached hydrogens (primary N) is 1. The van der Waals surface area contributed by atoms with Crippen LogP contribution in [0.1, 0.15) is 10.8 Å². The van der Waals surface area contributed by atoms with Gasteiger partial charge in [0.2, 0.25) is 11.0 Å². The molecule has 5 nitrogen and oxygen atoms in total. The molecule has 3 aromatic rings. The Morgan fingerprint density at radius 2 is 1.83 bits per heavy atom. The fourth-order valence-corrected chi connectivity index (χ4v) is 3.90. The topological polar surface area (TPSA) is 80.9 Å². The molecule has 0 aliphatic carbocycles. The van der Waals surface area contributed by atoms with Crippen LogP contribution in [-0.4, -0.2) is 16.1 Å². The summed E-state index contributed by atoms with van der Waals surface area (Å²) in [6, 6.07) is 15.3. The van der Waals surface area contributed by atoms with E-state index in [1.807, 2.05) is 30.3 Å². The summed E-state index contributed by atoms with van der Waals surface area (Å²) in [5, 5.41) is 11.2. The maximum atomic E-state index is 13.0. The third-order valence-electron chi connectivity index (χ3n) is 3.08. The van der Waals surface area contributed by atoms with Crippen molar-refractivity contribution in [3.05, 3.63) is 66.0 Å². The maximum absolute atomic E-state index is 13.0. The number of rotatable bonds is 6. The van der Waals surface area contributed by atoms with Crippen molar-refractivity contribution in [3.63, 3.8) is 0 Å². The van der Waals surface area contributed by atoms with Gasteiger partial charge in [0.05, 0.1) is 0 Å². The molecule has 0 aliphatic rings. The van der Waals surface area contributed by atoms with Gasteiger partial charge >= 0.3 is 0 Å². The molecule has 1 heterocycles. The highest BCUT2D eigenvalue weighted by Gasteiger charge is 2.21. The van der Waals surface area contributed by atoms with Gasteiger partial charge in [-0.05, 0) is 29.8 Å². The van der Waals surface area contributed by atoms with E-state index < -0.39 is 11.2 Å². The molecule has 0 fully saturated rings. The van der Waals surface area contributed by atoms with Crippen LogP contribution in [0.4, 0.5) is 15.2 Å². The number of primary amides is 1. The number of anilines is 2. The van der Waals surface area contributed by atoms with Crippen molar-refractivity contribution < 1.29 is 9.18 Å². The van der Waals surface area contributed by atoms with Crippen LogP contribution in [0.15, 0.2) is 58.9 Å². The molecule has 0 radical (unpaired) electrons. The summed E-state index contributed by atoms with van der Waals surface area (Å²) in [6.45, 7) is 0. The predicted molar refractivity (Wildman–Crippen MR) is 93.8 cm³/mol. The molecule has 0 saturated carbocycles. The van der Waals surface area contributed by atoms with E-state index in [4.69, 9.17) is 5.73 Å². The van der Waals surface area contributed by atoms with Crippen molar-refractivity contribution in [2.75, 3.05) is 5.32 Å². The molecule has 1 atom stereocenters. The van der Waals surface area contributed by atoms with Crippen molar-refractivity contribution in [1.82, 2.24) is 10.2 Å². The number of hydrogen-bond donors (Lipinski definition) is 2. The standard InChI is InChI=1S/C16H13FN4OS2/c17-11-8-6-10(7-9-11)13(14(18)22)23-16-21-20-15(24-16)19-12-4-2-1-3-5-12/h1-9,13H,(H2,18,22)(H,19,20)/t13-/m1/s1. The summed E-state index contributed by atoms with van der Waals surface area (Å²) in [7, 11) is 0. The molecule has 0 spiro atoms. The molecule has 0 unspecified atom stereocenters. The Kier molecular flexibility index (Phi) is 5.07. The molecular formula is C16H13FN4OS2. The van der Waals surface area contributed by atoms with Crippen molar-refractivity contribution in [3.8, 4) is 0 Å². The lowest BCUT2D eigenvalue weighted by molar-refractivity contribution is -0.117. The fraction of sp³-hybridized carbons (Fsp3) is 0.0625. The SMILES string of the molecule is NC(=O)[C@H](Sc1nnc(Nc2ccccc2)s1)c1ccc(F)cc1. The Hall–Kier alpha value is -2.45. The first-order valence-electron chi connectivity index (χ1n) is 6.99. The Morgan fingerprint density at radius 1 is 1.12 bits per heavy atom. The van der Waals surface area contributed by atoms with E-state index in [1.54, 1.807) is 12.1 Å². The van der Waals surface area contributed by atoms with Gasteiger partial charge in [0.15, 0.2) is 4.34 Å². The normalized spacial score (nSPS) is 11.9. The van der Waals surface area contributed by atoms with Gasteiger partial charge in [0.25, 0.3) is 0 Å². The number of halogens is 1. The number of nitrogens with zero attached hydrogens (tertiary/aromatic N) is 2. The van der Waals surface area contributed by atoms with Crippen LogP contribution in [-0.2, 0) is 4.79 Å². The minimum absolute atomic E-state index is 0.364.